The fraction of sp³-hybridized carbons (Fsp3) is 0.500. The molecule has 2 N–H and O–H groups in total. The maximum absolute atomic E-state index is 11.4. The van der Waals surface area contributed by atoms with Gasteiger partial charge in [0.25, 0.3) is 10.2 Å². The van der Waals surface area contributed by atoms with Crippen LogP contribution in [0.3, 0.4) is 0 Å². The highest BCUT2D eigenvalue weighted by atomic mass is 32.2. The van der Waals surface area contributed by atoms with Gasteiger partial charge in [-0.15, -0.1) is 0 Å². The Morgan fingerprint density at radius 1 is 1.43 bits per heavy atom. The topological polar surface area (TPSA) is 69.6 Å². The van der Waals surface area contributed by atoms with E-state index in [-0.39, 0.29) is 6.42 Å². The predicted molar refractivity (Wildman–Crippen MR) is 53.6 cm³/mol. The smallest absolute Gasteiger partial charge is 0.281 e. The molecule has 0 spiro atoms. The number of nitrogens with one attached hydrogen (secondary N) is 1. The van der Waals surface area contributed by atoms with Crippen LogP contribution in [-0.4, -0.2) is 37.6 Å². The fourth-order valence-corrected chi connectivity index (χ4v) is 1.78. The third-order valence-electron chi connectivity index (χ3n) is 1.83. The summed E-state index contributed by atoms with van der Waals surface area (Å²) in [6.07, 6.45) is 6.68. The van der Waals surface area contributed by atoms with Crippen LogP contribution in [0.5, 0.6) is 0 Å². The molecule has 0 amide bonds. The van der Waals surface area contributed by atoms with Crippen molar-refractivity contribution in [1.29, 1.82) is 0 Å². The highest BCUT2D eigenvalue weighted by molar-refractivity contribution is 7.87. The lowest BCUT2D eigenvalue weighted by molar-refractivity contribution is 0.0799. The second kappa shape index (κ2) is 3.82. The molecule has 0 aromatic heterocycles. The van der Waals surface area contributed by atoms with Crippen molar-refractivity contribution in [3.05, 3.63) is 24.3 Å². The molecule has 1 atom stereocenters. The minimum atomic E-state index is -3.61. The van der Waals surface area contributed by atoms with Crippen LogP contribution in [0.25, 0.3) is 0 Å². The molecule has 80 valence electrons. The van der Waals surface area contributed by atoms with Gasteiger partial charge in [-0.3, -0.25) is 0 Å². The van der Waals surface area contributed by atoms with Crippen LogP contribution in [-0.2, 0) is 10.2 Å². The van der Waals surface area contributed by atoms with Gasteiger partial charge in [0, 0.05) is 20.5 Å². The summed E-state index contributed by atoms with van der Waals surface area (Å²) in [4.78, 5) is 0. The first-order valence-electron chi connectivity index (χ1n) is 4.14. The monoisotopic (exact) mass is 218 g/mol. The van der Waals surface area contributed by atoms with E-state index in [1.54, 1.807) is 18.2 Å². The highest BCUT2D eigenvalue weighted by Gasteiger charge is 2.30. The van der Waals surface area contributed by atoms with E-state index in [2.05, 4.69) is 4.72 Å². The molecular formula is C8H14N2O3S. The van der Waals surface area contributed by atoms with Crippen LogP contribution >= 0.6 is 0 Å². The minimum absolute atomic E-state index is 0.233. The van der Waals surface area contributed by atoms with Crippen molar-refractivity contribution in [1.82, 2.24) is 9.03 Å². The van der Waals surface area contributed by atoms with E-state index in [1.807, 2.05) is 0 Å². The standard InChI is InChI=1S/C8H14N2O3S/c1-10(2)14(12,13)9-8(11)6-4-3-5-7-8/h3-6,9,11H,7H2,1-2H3. The second-order valence-corrected chi connectivity index (χ2v) is 5.19. The number of rotatable bonds is 3. The molecular weight excluding hydrogens is 204 g/mol. The Kier molecular flexibility index (Phi) is 3.10. The van der Waals surface area contributed by atoms with Crippen LogP contribution < -0.4 is 4.72 Å². The Balaban J connectivity index is 2.79. The number of hydrogen-bond acceptors (Lipinski definition) is 3. The summed E-state index contributed by atoms with van der Waals surface area (Å²) in [7, 11) is -0.814. The van der Waals surface area contributed by atoms with Crippen molar-refractivity contribution in [2.75, 3.05) is 14.1 Å². The van der Waals surface area contributed by atoms with Gasteiger partial charge in [-0.25, -0.2) is 0 Å². The Labute approximate surface area is 83.9 Å². The summed E-state index contributed by atoms with van der Waals surface area (Å²) in [5, 5.41) is 9.80. The molecule has 1 aliphatic rings. The highest BCUT2D eigenvalue weighted by Crippen LogP contribution is 2.15. The van der Waals surface area contributed by atoms with Crippen molar-refractivity contribution >= 4 is 10.2 Å². The normalized spacial score (nSPS) is 27.1. The maximum Gasteiger partial charge on any atom is 0.281 e. The lowest BCUT2D eigenvalue weighted by Crippen LogP contribution is -2.50. The summed E-state index contributed by atoms with van der Waals surface area (Å²) < 4.78 is 26.0. The second-order valence-electron chi connectivity index (χ2n) is 3.31. The van der Waals surface area contributed by atoms with E-state index in [0.29, 0.717) is 0 Å². The van der Waals surface area contributed by atoms with E-state index < -0.39 is 15.9 Å². The summed E-state index contributed by atoms with van der Waals surface area (Å²) in [6, 6.07) is 0. The van der Waals surface area contributed by atoms with Gasteiger partial charge in [0.05, 0.1) is 0 Å². The van der Waals surface area contributed by atoms with Crippen LogP contribution in [0.2, 0.25) is 0 Å². The molecule has 0 radical (unpaired) electrons. The van der Waals surface area contributed by atoms with Gasteiger partial charge in [0.2, 0.25) is 0 Å². The Bertz CT molecular complexity index is 359. The van der Waals surface area contributed by atoms with E-state index in [1.165, 1.54) is 20.2 Å². The molecule has 0 aromatic carbocycles. The zero-order chi connectivity index (χ0) is 10.8. The molecule has 0 saturated carbocycles. The molecule has 0 aliphatic heterocycles. The van der Waals surface area contributed by atoms with E-state index in [9.17, 15) is 13.5 Å². The first-order chi connectivity index (χ1) is 6.36. The minimum Gasteiger partial charge on any atom is -0.371 e. The van der Waals surface area contributed by atoms with Gasteiger partial charge in [-0.1, -0.05) is 18.2 Å². The zero-order valence-corrected chi connectivity index (χ0v) is 8.95. The van der Waals surface area contributed by atoms with Crippen molar-refractivity contribution in [3.8, 4) is 0 Å². The van der Waals surface area contributed by atoms with Crippen molar-refractivity contribution in [2.24, 2.45) is 0 Å². The van der Waals surface area contributed by atoms with Crippen molar-refractivity contribution in [3.63, 3.8) is 0 Å². The molecule has 1 rings (SSSR count). The number of allylic oxidation sites excluding steroid dienone is 2. The van der Waals surface area contributed by atoms with Gasteiger partial charge >= 0.3 is 0 Å². The molecule has 6 heteroatoms. The van der Waals surface area contributed by atoms with Gasteiger partial charge in [0.1, 0.15) is 0 Å². The first kappa shape index (κ1) is 11.4. The Morgan fingerprint density at radius 2 is 2.07 bits per heavy atom. The Morgan fingerprint density at radius 3 is 2.50 bits per heavy atom. The van der Waals surface area contributed by atoms with Crippen molar-refractivity contribution in [2.45, 2.75) is 12.1 Å². The predicted octanol–water partition coefficient (Wildman–Crippen LogP) is -0.413. The molecule has 1 aliphatic carbocycles. The number of hydrogen-bond donors (Lipinski definition) is 2. The molecule has 0 saturated heterocycles. The van der Waals surface area contributed by atoms with Gasteiger partial charge in [-0.05, 0) is 6.08 Å². The van der Waals surface area contributed by atoms with Gasteiger partial charge in [-0.2, -0.15) is 17.4 Å². The summed E-state index contributed by atoms with van der Waals surface area (Å²) in [5.41, 5.74) is -1.50. The third kappa shape index (κ3) is 2.65. The molecule has 5 nitrogen and oxygen atoms in total. The molecule has 0 heterocycles. The molecule has 1 unspecified atom stereocenters. The fourth-order valence-electron chi connectivity index (χ4n) is 0.999. The summed E-state index contributed by atoms with van der Waals surface area (Å²) >= 11 is 0. The molecule has 14 heavy (non-hydrogen) atoms. The SMILES string of the molecule is CN(C)S(=O)(=O)NC1(O)C=CC=CC1. The van der Waals surface area contributed by atoms with Crippen LogP contribution in [0.15, 0.2) is 24.3 Å². The average Bonchev–Trinajstić information content (AvgIpc) is 2.03. The van der Waals surface area contributed by atoms with E-state index in [0.717, 1.165) is 4.31 Å². The zero-order valence-electron chi connectivity index (χ0n) is 8.14. The first-order valence-corrected chi connectivity index (χ1v) is 5.58. The molecule has 0 bridgehead atoms. The number of aliphatic hydroxyl groups is 1. The van der Waals surface area contributed by atoms with Gasteiger partial charge in [0.15, 0.2) is 5.72 Å². The van der Waals surface area contributed by atoms with E-state index in [4.69, 9.17) is 0 Å². The average molecular weight is 218 g/mol. The number of nitrogens with zero attached hydrogens (tertiary/aromatic N) is 1. The quantitative estimate of drug-likeness (QED) is 0.632. The van der Waals surface area contributed by atoms with Crippen molar-refractivity contribution < 1.29 is 13.5 Å². The third-order valence-corrected chi connectivity index (χ3v) is 3.41. The summed E-state index contributed by atoms with van der Waals surface area (Å²) in [6.45, 7) is 0. The lowest BCUT2D eigenvalue weighted by atomic mass is 10.1. The van der Waals surface area contributed by atoms with Crippen LogP contribution in [0.1, 0.15) is 6.42 Å². The largest absolute Gasteiger partial charge is 0.371 e. The summed E-state index contributed by atoms with van der Waals surface area (Å²) in [5.74, 6) is 0. The molecule has 0 fully saturated rings. The molecule has 0 aromatic rings. The maximum atomic E-state index is 11.4. The van der Waals surface area contributed by atoms with Gasteiger partial charge < -0.3 is 5.11 Å². The lowest BCUT2D eigenvalue weighted by Gasteiger charge is -2.27. The van der Waals surface area contributed by atoms with Crippen LogP contribution in [0.4, 0.5) is 0 Å². The van der Waals surface area contributed by atoms with E-state index >= 15 is 0 Å². The Hall–Kier alpha value is -0.690. The van der Waals surface area contributed by atoms with Crippen LogP contribution in [0, 0.1) is 0 Å².